The van der Waals surface area contributed by atoms with Crippen molar-refractivity contribution in [3.8, 4) is 5.75 Å². The van der Waals surface area contributed by atoms with E-state index in [1.54, 1.807) is 12.1 Å². The summed E-state index contributed by atoms with van der Waals surface area (Å²) in [6.07, 6.45) is 0.664. The number of carbonyl (C=O) groups excluding carboxylic acids is 1. The zero-order valence-electron chi connectivity index (χ0n) is 11.1. The number of anilines is 1. The number of halogens is 2. The van der Waals surface area contributed by atoms with Gasteiger partial charge in [0.1, 0.15) is 5.75 Å². The number of hydrogen-bond donors (Lipinski definition) is 1. The summed E-state index contributed by atoms with van der Waals surface area (Å²) in [7, 11) is 0. The molecule has 0 saturated heterocycles. The van der Waals surface area contributed by atoms with E-state index in [1.165, 1.54) is 0 Å². The average molecular weight is 367 g/mol. The Labute approximate surface area is 136 Å². The van der Waals surface area contributed by atoms with E-state index in [-0.39, 0.29) is 11.8 Å². The second-order valence-corrected chi connectivity index (χ2v) is 6.16. The van der Waals surface area contributed by atoms with Gasteiger partial charge in [-0.1, -0.05) is 45.7 Å². The molecule has 0 aromatic heterocycles. The van der Waals surface area contributed by atoms with Gasteiger partial charge in [-0.3, -0.25) is 4.79 Å². The molecular formula is C16H13BrClNO2. The van der Waals surface area contributed by atoms with Crippen molar-refractivity contribution in [1.82, 2.24) is 0 Å². The van der Waals surface area contributed by atoms with E-state index in [9.17, 15) is 4.79 Å². The lowest BCUT2D eigenvalue weighted by molar-refractivity contribution is -0.118. The number of hydrogen-bond acceptors (Lipinski definition) is 2. The first kappa shape index (κ1) is 14.4. The molecule has 0 bridgehead atoms. The molecule has 1 unspecified atom stereocenters. The number of para-hydroxylation sites is 1. The molecule has 108 valence electrons. The van der Waals surface area contributed by atoms with Crippen molar-refractivity contribution in [2.24, 2.45) is 0 Å². The number of amides is 1. The fraction of sp³-hybridized carbons (Fsp3) is 0.188. The molecule has 0 fully saturated rings. The van der Waals surface area contributed by atoms with Gasteiger partial charge in [0.25, 0.3) is 0 Å². The van der Waals surface area contributed by atoms with E-state index in [4.69, 9.17) is 16.3 Å². The van der Waals surface area contributed by atoms with E-state index < -0.39 is 0 Å². The van der Waals surface area contributed by atoms with E-state index >= 15 is 0 Å². The number of benzene rings is 2. The Morgan fingerprint density at radius 2 is 2.10 bits per heavy atom. The zero-order valence-corrected chi connectivity index (χ0v) is 13.4. The van der Waals surface area contributed by atoms with E-state index in [2.05, 4.69) is 21.2 Å². The normalized spacial score (nSPS) is 16.8. The monoisotopic (exact) mass is 365 g/mol. The van der Waals surface area contributed by atoms with Crippen LogP contribution in [0.4, 0.5) is 5.69 Å². The summed E-state index contributed by atoms with van der Waals surface area (Å²) in [5.41, 5.74) is 1.54. The minimum atomic E-state index is -0.213. The Bertz CT molecular complexity index is 690. The Morgan fingerprint density at radius 1 is 1.29 bits per heavy atom. The molecule has 5 heteroatoms. The largest absolute Gasteiger partial charge is 0.493 e. The van der Waals surface area contributed by atoms with Crippen LogP contribution in [0, 0.1) is 0 Å². The van der Waals surface area contributed by atoms with Gasteiger partial charge in [0.2, 0.25) is 5.91 Å². The van der Waals surface area contributed by atoms with Crippen molar-refractivity contribution in [3.63, 3.8) is 0 Å². The predicted octanol–water partition coefficient (Wildman–Crippen LogP) is 4.61. The molecule has 1 aliphatic heterocycles. The maximum atomic E-state index is 12.5. The van der Waals surface area contributed by atoms with E-state index in [1.807, 2.05) is 30.3 Å². The summed E-state index contributed by atoms with van der Waals surface area (Å²) in [4.78, 5) is 12.5. The first-order valence-corrected chi connectivity index (χ1v) is 7.80. The molecule has 2 aromatic rings. The SMILES string of the molecule is O=C(Nc1ccc(Br)cc1Cl)C1CCOc2ccccc21. The molecule has 3 nitrogen and oxygen atoms in total. The molecule has 21 heavy (non-hydrogen) atoms. The summed E-state index contributed by atoms with van der Waals surface area (Å²) in [6, 6.07) is 13.0. The molecule has 2 aromatic carbocycles. The van der Waals surface area contributed by atoms with Gasteiger partial charge < -0.3 is 10.1 Å². The molecule has 1 heterocycles. The fourth-order valence-electron chi connectivity index (χ4n) is 2.43. The zero-order chi connectivity index (χ0) is 14.8. The van der Waals surface area contributed by atoms with Crippen molar-refractivity contribution in [2.45, 2.75) is 12.3 Å². The van der Waals surface area contributed by atoms with Crippen molar-refractivity contribution < 1.29 is 9.53 Å². The van der Waals surface area contributed by atoms with Gasteiger partial charge in [0.15, 0.2) is 0 Å². The second-order valence-electron chi connectivity index (χ2n) is 4.84. The molecule has 1 aliphatic rings. The molecular weight excluding hydrogens is 354 g/mol. The van der Waals surface area contributed by atoms with Crippen LogP contribution < -0.4 is 10.1 Å². The van der Waals surface area contributed by atoms with Crippen LogP contribution in [0.25, 0.3) is 0 Å². The van der Waals surface area contributed by atoms with Gasteiger partial charge in [-0.2, -0.15) is 0 Å². The third kappa shape index (κ3) is 3.06. The highest BCUT2D eigenvalue weighted by Gasteiger charge is 2.27. The number of carbonyl (C=O) groups is 1. The Morgan fingerprint density at radius 3 is 2.90 bits per heavy atom. The van der Waals surface area contributed by atoms with Crippen molar-refractivity contribution in [1.29, 1.82) is 0 Å². The maximum absolute atomic E-state index is 12.5. The van der Waals surface area contributed by atoms with E-state index in [0.717, 1.165) is 15.8 Å². The van der Waals surface area contributed by atoms with Gasteiger partial charge in [-0.25, -0.2) is 0 Å². The van der Waals surface area contributed by atoms with Crippen molar-refractivity contribution in [3.05, 3.63) is 57.5 Å². The quantitative estimate of drug-likeness (QED) is 0.843. The average Bonchev–Trinajstić information content (AvgIpc) is 2.49. The summed E-state index contributed by atoms with van der Waals surface area (Å²) >= 11 is 9.49. The first-order valence-electron chi connectivity index (χ1n) is 6.63. The highest BCUT2D eigenvalue weighted by molar-refractivity contribution is 9.10. The minimum Gasteiger partial charge on any atom is -0.493 e. The Balaban J connectivity index is 1.83. The predicted molar refractivity (Wildman–Crippen MR) is 87.1 cm³/mol. The minimum absolute atomic E-state index is 0.0602. The number of nitrogens with one attached hydrogen (secondary N) is 1. The standard InChI is InChI=1S/C16H13BrClNO2/c17-10-5-6-14(13(18)9-10)19-16(20)12-7-8-21-15-4-2-1-3-11(12)15/h1-6,9,12H,7-8H2,(H,19,20). The van der Waals surface area contributed by atoms with Crippen LogP contribution in [-0.2, 0) is 4.79 Å². The van der Waals surface area contributed by atoms with Crippen LogP contribution in [0.3, 0.4) is 0 Å². The summed E-state index contributed by atoms with van der Waals surface area (Å²) in [6.45, 7) is 0.545. The van der Waals surface area contributed by atoms with Gasteiger partial charge >= 0.3 is 0 Å². The molecule has 1 amide bonds. The fourth-order valence-corrected chi connectivity index (χ4v) is 3.15. The summed E-state index contributed by atoms with van der Waals surface area (Å²) < 4.78 is 6.46. The van der Waals surface area contributed by atoms with Crippen LogP contribution in [0.5, 0.6) is 5.75 Å². The smallest absolute Gasteiger partial charge is 0.232 e. The van der Waals surface area contributed by atoms with Crippen molar-refractivity contribution >= 4 is 39.1 Å². The van der Waals surface area contributed by atoms with E-state index in [0.29, 0.717) is 23.7 Å². The molecule has 0 saturated carbocycles. The highest BCUT2D eigenvalue weighted by atomic mass is 79.9. The molecule has 0 radical (unpaired) electrons. The van der Waals surface area contributed by atoms with Gasteiger partial charge in [0, 0.05) is 10.0 Å². The Kier molecular flexibility index (Phi) is 4.17. The lowest BCUT2D eigenvalue weighted by Gasteiger charge is -2.25. The highest BCUT2D eigenvalue weighted by Crippen LogP contribution is 2.35. The first-order chi connectivity index (χ1) is 10.1. The van der Waals surface area contributed by atoms with Crippen LogP contribution in [0.15, 0.2) is 46.9 Å². The summed E-state index contributed by atoms with van der Waals surface area (Å²) in [5.74, 6) is 0.510. The lowest BCUT2D eigenvalue weighted by Crippen LogP contribution is -2.26. The number of rotatable bonds is 2. The molecule has 1 N–H and O–H groups in total. The van der Waals surface area contributed by atoms with Crippen LogP contribution >= 0.6 is 27.5 Å². The van der Waals surface area contributed by atoms with Gasteiger partial charge in [-0.15, -0.1) is 0 Å². The lowest BCUT2D eigenvalue weighted by atomic mass is 9.92. The van der Waals surface area contributed by atoms with Crippen LogP contribution in [0.2, 0.25) is 5.02 Å². The second kappa shape index (κ2) is 6.08. The third-order valence-corrected chi connectivity index (χ3v) is 4.27. The topological polar surface area (TPSA) is 38.3 Å². The molecule has 1 atom stereocenters. The van der Waals surface area contributed by atoms with Gasteiger partial charge in [0.05, 0.1) is 23.2 Å². The molecule has 0 aliphatic carbocycles. The van der Waals surface area contributed by atoms with Crippen LogP contribution in [0.1, 0.15) is 17.9 Å². The molecule has 0 spiro atoms. The number of fused-ring (bicyclic) bond motifs is 1. The third-order valence-electron chi connectivity index (χ3n) is 3.46. The summed E-state index contributed by atoms with van der Waals surface area (Å²) in [5, 5.41) is 3.41. The van der Waals surface area contributed by atoms with Gasteiger partial charge in [-0.05, 0) is 30.7 Å². The number of ether oxygens (including phenoxy) is 1. The van der Waals surface area contributed by atoms with Crippen molar-refractivity contribution in [2.75, 3.05) is 11.9 Å². The molecule has 3 rings (SSSR count). The Hall–Kier alpha value is -1.52. The maximum Gasteiger partial charge on any atom is 0.232 e. The van der Waals surface area contributed by atoms with Crippen LogP contribution in [-0.4, -0.2) is 12.5 Å².